The molecule has 1 unspecified atom stereocenters. The molecule has 0 aliphatic carbocycles. The number of benzene rings is 1. The van der Waals surface area contributed by atoms with E-state index in [9.17, 15) is 0 Å². The summed E-state index contributed by atoms with van der Waals surface area (Å²) >= 11 is 19.3. The number of halogens is 3. The van der Waals surface area contributed by atoms with E-state index in [1.165, 1.54) is 16.9 Å². The van der Waals surface area contributed by atoms with Crippen LogP contribution < -0.4 is 5.32 Å². The van der Waals surface area contributed by atoms with E-state index in [1.54, 1.807) is 0 Å². The first-order chi connectivity index (χ1) is 9.06. The molecule has 1 heterocycles. The van der Waals surface area contributed by atoms with Gasteiger partial charge in [-0.1, -0.05) is 46.9 Å². The van der Waals surface area contributed by atoms with Crippen molar-refractivity contribution < 1.29 is 0 Å². The third-order valence-corrected chi connectivity index (χ3v) is 4.70. The fraction of sp³-hybridized carbons (Fsp3) is 0.286. The Morgan fingerprint density at radius 3 is 2.42 bits per heavy atom. The monoisotopic (exact) mass is 333 g/mol. The van der Waals surface area contributed by atoms with Crippen LogP contribution in [0.1, 0.15) is 24.1 Å². The second-order valence-electron chi connectivity index (χ2n) is 4.33. The van der Waals surface area contributed by atoms with Gasteiger partial charge in [-0.05, 0) is 49.2 Å². The summed E-state index contributed by atoms with van der Waals surface area (Å²) in [6.07, 6.45) is 0.955. The first kappa shape index (κ1) is 15.1. The van der Waals surface area contributed by atoms with Crippen LogP contribution in [0.2, 0.25) is 13.7 Å². The normalized spacial score (nSPS) is 12.6. The van der Waals surface area contributed by atoms with Crippen LogP contribution in [0, 0.1) is 0 Å². The summed E-state index contributed by atoms with van der Waals surface area (Å²) in [5, 5.41) is 4.22. The molecule has 1 nitrogen and oxygen atoms in total. The van der Waals surface area contributed by atoms with Crippen LogP contribution in [0.15, 0.2) is 30.3 Å². The highest BCUT2D eigenvalue weighted by molar-refractivity contribution is 7.20. The number of hydrogen-bond donors (Lipinski definition) is 1. The first-order valence-corrected chi connectivity index (χ1v) is 7.94. The maximum absolute atomic E-state index is 6.13. The van der Waals surface area contributed by atoms with Gasteiger partial charge in [-0.25, -0.2) is 0 Å². The van der Waals surface area contributed by atoms with Crippen LogP contribution in [0.25, 0.3) is 0 Å². The van der Waals surface area contributed by atoms with E-state index in [-0.39, 0.29) is 6.04 Å². The molecule has 2 rings (SSSR count). The topological polar surface area (TPSA) is 12.0 Å². The van der Waals surface area contributed by atoms with Gasteiger partial charge in [-0.15, -0.1) is 11.3 Å². The Hall–Kier alpha value is -0.250. The summed E-state index contributed by atoms with van der Waals surface area (Å²) in [5.74, 6) is 0. The molecule has 19 heavy (non-hydrogen) atoms. The van der Waals surface area contributed by atoms with E-state index in [0.717, 1.165) is 32.2 Å². The molecule has 2 aromatic rings. The predicted octanol–water partition coefficient (Wildman–Crippen LogP) is 5.60. The molecule has 1 atom stereocenters. The number of rotatable bonds is 5. The Labute approximate surface area is 132 Å². The molecule has 0 fully saturated rings. The second kappa shape index (κ2) is 6.96. The van der Waals surface area contributed by atoms with Crippen molar-refractivity contribution in [1.29, 1.82) is 0 Å². The Morgan fingerprint density at radius 1 is 1.16 bits per heavy atom. The molecule has 102 valence electrons. The average molecular weight is 335 g/mol. The zero-order chi connectivity index (χ0) is 13.8. The lowest BCUT2D eigenvalue weighted by Crippen LogP contribution is -2.21. The lowest BCUT2D eigenvalue weighted by atomic mass is 10.1. The molecule has 1 N–H and O–H groups in total. The van der Waals surface area contributed by atoms with Gasteiger partial charge < -0.3 is 5.32 Å². The van der Waals surface area contributed by atoms with E-state index >= 15 is 0 Å². The maximum atomic E-state index is 6.13. The first-order valence-electron chi connectivity index (χ1n) is 5.99. The van der Waals surface area contributed by atoms with Crippen LogP contribution in [0.4, 0.5) is 0 Å². The van der Waals surface area contributed by atoms with Crippen LogP contribution in [-0.4, -0.2) is 6.54 Å². The lowest BCUT2D eigenvalue weighted by molar-refractivity contribution is 0.578. The third kappa shape index (κ3) is 4.37. The average Bonchev–Trinajstić information content (AvgIpc) is 2.71. The summed E-state index contributed by atoms with van der Waals surface area (Å²) in [4.78, 5) is 0. The van der Waals surface area contributed by atoms with Crippen molar-refractivity contribution in [2.24, 2.45) is 0 Å². The standard InChI is InChI=1S/C14H14Cl3NS/c1-9(12-8-13(16)19-14(12)17)18-7-6-10-2-4-11(15)5-3-10/h2-5,8-9,18H,6-7H2,1H3. The predicted molar refractivity (Wildman–Crippen MR) is 85.9 cm³/mol. The molecule has 0 saturated carbocycles. The van der Waals surface area contributed by atoms with Crippen molar-refractivity contribution in [3.05, 3.63) is 55.2 Å². The van der Waals surface area contributed by atoms with Gasteiger partial charge in [0.15, 0.2) is 0 Å². The highest BCUT2D eigenvalue weighted by Gasteiger charge is 2.12. The molecule has 0 spiro atoms. The molecule has 0 amide bonds. The summed E-state index contributed by atoms with van der Waals surface area (Å²) in [6.45, 7) is 2.97. The van der Waals surface area contributed by atoms with Crippen LogP contribution >= 0.6 is 46.1 Å². The van der Waals surface area contributed by atoms with Gasteiger partial charge in [0.05, 0.1) is 8.67 Å². The van der Waals surface area contributed by atoms with Gasteiger partial charge in [0, 0.05) is 11.1 Å². The number of nitrogens with one attached hydrogen (secondary N) is 1. The Bertz CT molecular complexity index is 536. The Balaban J connectivity index is 1.85. The minimum Gasteiger partial charge on any atom is -0.310 e. The van der Waals surface area contributed by atoms with Crippen molar-refractivity contribution in [2.45, 2.75) is 19.4 Å². The van der Waals surface area contributed by atoms with Crippen molar-refractivity contribution in [2.75, 3.05) is 6.54 Å². The van der Waals surface area contributed by atoms with Crippen LogP contribution in [0.5, 0.6) is 0 Å². The molecule has 5 heteroatoms. The maximum Gasteiger partial charge on any atom is 0.0991 e. The highest BCUT2D eigenvalue weighted by atomic mass is 35.5. The zero-order valence-electron chi connectivity index (χ0n) is 10.4. The molecule has 0 radical (unpaired) electrons. The molecule has 1 aromatic heterocycles. The molecule has 0 aliphatic rings. The molecule has 1 aromatic carbocycles. The molecule has 0 bridgehead atoms. The van der Waals surface area contributed by atoms with Crippen LogP contribution in [0.3, 0.4) is 0 Å². The number of thiophene rings is 1. The van der Waals surface area contributed by atoms with E-state index in [1.807, 2.05) is 30.3 Å². The van der Waals surface area contributed by atoms with E-state index in [2.05, 4.69) is 12.2 Å². The summed E-state index contributed by atoms with van der Waals surface area (Å²) in [7, 11) is 0. The minimum absolute atomic E-state index is 0.198. The van der Waals surface area contributed by atoms with Crippen molar-refractivity contribution in [3.8, 4) is 0 Å². The van der Waals surface area contributed by atoms with E-state index < -0.39 is 0 Å². The van der Waals surface area contributed by atoms with Gasteiger partial charge in [0.1, 0.15) is 0 Å². The van der Waals surface area contributed by atoms with Crippen molar-refractivity contribution >= 4 is 46.1 Å². The molecule has 0 aliphatic heterocycles. The number of hydrogen-bond acceptors (Lipinski definition) is 2. The largest absolute Gasteiger partial charge is 0.310 e. The van der Waals surface area contributed by atoms with Gasteiger partial charge in [0.2, 0.25) is 0 Å². The van der Waals surface area contributed by atoms with Crippen molar-refractivity contribution in [1.82, 2.24) is 5.32 Å². The fourth-order valence-corrected chi connectivity index (χ4v) is 3.61. The van der Waals surface area contributed by atoms with Gasteiger partial charge in [-0.2, -0.15) is 0 Å². The van der Waals surface area contributed by atoms with E-state index in [4.69, 9.17) is 34.8 Å². The van der Waals surface area contributed by atoms with Gasteiger partial charge in [0.25, 0.3) is 0 Å². The fourth-order valence-electron chi connectivity index (χ4n) is 1.84. The third-order valence-electron chi connectivity index (χ3n) is 2.93. The van der Waals surface area contributed by atoms with Gasteiger partial charge in [-0.3, -0.25) is 0 Å². The smallest absolute Gasteiger partial charge is 0.0991 e. The van der Waals surface area contributed by atoms with Crippen LogP contribution in [-0.2, 0) is 6.42 Å². The minimum atomic E-state index is 0.198. The summed E-state index contributed by atoms with van der Waals surface area (Å²) < 4.78 is 1.49. The zero-order valence-corrected chi connectivity index (χ0v) is 13.5. The SMILES string of the molecule is CC(NCCc1ccc(Cl)cc1)c1cc(Cl)sc1Cl. The highest BCUT2D eigenvalue weighted by Crippen LogP contribution is 2.34. The molecular formula is C14H14Cl3NS. The molecule has 0 saturated heterocycles. The van der Waals surface area contributed by atoms with Crippen molar-refractivity contribution in [3.63, 3.8) is 0 Å². The molecular weight excluding hydrogens is 321 g/mol. The van der Waals surface area contributed by atoms with E-state index in [0.29, 0.717) is 0 Å². The summed E-state index contributed by atoms with van der Waals surface area (Å²) in [6, 6.07) is 10.0. The Morgan fingerprint density at radius 2 is 1.84 bits per heavy atom. The van der Waals surface area contributed by atoms with Gasteiger partial charge >= 0.3 is 0 Å². The quantitative estimate of drug-likeness (QED) is 0.750. The second-order valence-corrected chi connectivity index (χ2v) is 7.05. The lowest BCUT2D eigenvalue weighted by Gasteiger charge is -2.13. The Kier molecular flexibility index (Phi) is 5.55. The summed E-state index contributed by atoms with van der Waals surface area (Å²) in [5.41, 5.74) is 2.33.